The van der Waals surface area contributed by atoms with Gasteiger partial charge in [-0.05, 0) is 42.8 Å². The normalized spacial score (nSPS) is 24.6. The molecular weight excluding hydrogens is 350 g/mol. The minimum absolute atomic E-state index is 0.121. The Kier molecular flexibility index (Phi) is 2.85. The van der Waals surface area contributed by atoms with Gasteiger partial charge in [0.2, 0.25) is 13.6 Å². The van der Waals surface area contributed by atoms with Gasteiger partial charge in [-0.2, -0.15) is 0 Å². The Morgan fingerprint density at radius 2 is 1.74 bits per heavy atom. The number of hydrogen-bond donors (Lipinski definition) is 0. The van der Waals surface area contributed by atoms with Gasteiger partial charge in [0.05, 0.1) is 0 Å². The molecule has 0 bridgehead atoms. The lowest BCUT2D eigenvalue weighted by Gasteiger charge is -2.47. The SMILES string of the molecule is CN1CCc2cc3c(cc2C12Cc1ccc4c(c1C(=O)O2)OCO4)OCO3. The molecule has 2 aromatic rings. The van der Waals surface area contributed by atoms with Crippen LogP contribution in [0, 0.1) is 0 Å². The first-order valence-corrected chi connectivity index (χ1v) is 8.95. The molecule has 4 heterocycles. The first-order valence-electron chi connectivity index (χ1n) is 8.95. The Morgan fingerprint density at radius 1 is 0.963 bits per heavy atom. The van der Waals surface area contributed by atoms with Gasteiger partial charge < -0.3 is 23.7 Å². The molecule has 6 rings (SSSR count). The van der Waals surface area contributed by atoms with Crippen molar-refractivity contribution in [3.05, 3.63) is 46.5 Å². The monoisotopic (exact) mass is 367 g/mol. The van der Waals surface area contributed by atoms with E-state index in [0.29, 0.717) is 29.2 Å². The molecular formula is C20H17NO6. The summed E-state index contributed by atoms with van der Waals surface area (Å²) >= 11 is 0. The van der Waals surface area contributed by atoms with Crippen molar-refractivity contribution < 1.29 is 28.5 Å². The van der Waals surface area contributed by atoms with Crippen LogP contribution < -0.4 is 18.9 Å². The summed E-state index contributed by atoms with van der Waals surface area (Å²) < 4.78 is 28.1. The summed E-state index contributed by atoms with van der Waals surface area (Å²) in [6.07, 6.45) is 1.39. The molecule has 1 unspecified atom stereocenters. The highest BCUT2D eigenvalue weighted by Crippen LogP contribution is 2.49. The van der Waals surface area contributed by atoms with Gasteiger partial charge in [-0.15, -0.1) is 0 Å². The summed E-state index contributed by atoms with van der Waals surface area (Å²) in [6, 6.07) is 7.75. The molecule has 138 valence electrons. The van der Waals surface area contributed by atoms with E-state index < -0.39 is 11.7 Å². The van der Waals surface area contributed by atoms with Crippen LogP contribution >= 0.6 is 0 Å². The van der Waals surface area contributed by atoms with E-state index in [9.17, 15) is 4.79 Å². The number of fused-ring (bicyclic) bond motifs is 6. The zero-order chi connectivity index (χ0) is 18.2. The fraction of sp³-hybridized carbons (Fsp3) is 0.350. The molecule has 4 aliphatic heterocycles. The van der Waals surface area contributed by atoms with Crippen LogP contribution in [0.15, 0.2) is 24.3 Å². The second kappa shape index (κ2) is 5.07. The molecule has 4 aliphatic rings. The molecule has 0 radical (unpaired) electrons. The molecule has 7 nitrogen and oxygen atoms in total. The van der Waals surface area contributed by atoms with Crippen LogP contribution in [-0.2, 0) is 23.3 Å². The Bertz CT molecular complexity index is 1000. The minimum atomic E-state index is -0.869. The molecule has 0 aliphatic carbocycles. The summed E-state index contributed by atoms with van der Waals surface area (Å²) in [7, 11) is 1.98. The van der Waals surface area contributed by atoms with Crippen LogP contribution in [0.25, 0.3) is 0 Å². The van der Waals surface area contributed by atoms with Crippen molar-refractivity contribution in [3.8, 4) is 23.0 Å². The van der Waals surface area contributed by atoms with Crippen LogP contribution in [0.2, 0.25) is 0 Å². The highest BCUT2D eigenvalue weighted by molar-refractivity contribution is 5.97. The average Bonchev–Trinajstić information content (AvgIpc) is 3.32. The minimum Gasteiger partial charge on any atom is -0.454 e. The highest BCUT2D eigenvalue weighted by Gasteiger charge is 2.50. The zero-order valence-electron chi connectivity index (χ0n) is 14.7. The van der Waals surface area contributed by atoms with E-state index in [0.717, 1.165) is 35.4 Å². The summed E-state index contributed by atoms with van der Waals surface area (Å²) in [5.41, 5.74) is 2.57. The third-order valence-corrected chi connectivity index (χ3v) is 5.87. The Morgan fingerprint density at radius 3 is 2.63 bits per heavy atom. The highest BCUT2D eigenvalue weighted by atomic mass is 16.7. The number of carbonyl (C=O) groups excluding carboxylic acids is 1. The van der Waals surface area contributed by atoms with Gasteiger partial charge in [-0.1, -0.05) is 6.07 Å². The quantitative estimate of drug-likeness (QED) is 0.661. The fourth-order valence-corrected chi connectivity index (χ4v) is 4.47. The van der Waals surface area contributed by atoms with Crippen molar-refractivity contribution in [2.45, 2.75) is 18.6 Å². The summed E-state index contributed by atoms with van der Waals surface area (Å²) in [5.74, 6) is 2.12. The van der Waals surface area contributed by atoms with Crippen molar-refractivity contribution in [2.75, 3.05) is 27.2 Å². The molecule has 0 saturated carbocycles. The molecule has 7 heteroatoms. The van der Waals surface area contributed by atoms with Gasteiger partial charge >= 0.3 is 5.97 Å². The fourth-order valence-electron chi connectivity index (χ4n) is 4.47. The number of rotatable bonds is 0. The number of benzene rings is 2. The standard InChI is InChI=1S/C20H17NO6/c1-21-5-4-11-6-15-16(25-9-24-15)7-13(11)20(21)8-12-2-3-14-18(26-10-23-14)17(12)19(22)27-20/h2-3,6-7H,4-5,8-10H2,1H3. The summed E-state index contributed by atoms with van der Waals surface area (Å²) in [5, 5.41) is 0. The molecule has 1 spiro atoms. The van der Waals surface area contributed by atoms with Gasteiger partial charge in [0, 0.05) is 18.5 Å². The van der Waals surface area contributed by atoms with E-state index in [2.05, 4.69) is 4.90 Å². The van der Waals surface area contributed by atoms with Crippen LogP contribution in [0.5, 0.6) is 23.0 Å². The van der Waals surface area contributed by atoms with Crippen LogP contribution in [-0.4, -0.2) is 38.0 Å². The smallest absolute Gasteiger partial charge is 0.344 e. The number of nitrogens with zero attached hydrogens (tertiary/aromatic N) is 1. The lowest BCUT2D eigenvalue weighted by Crippen LogP contribution is -2.54. The molecule has 27 heavy (non-hydrogen) atoms. The van der Waals surface area contributed by atoms with Crippen molar-refractivity contribution in [3.63, 3.8) is 0 Å². The molecule has 2 aromatic carbocycles. The second-order valence-corrected chi connectivity index (χ2v) is 7.22. The van der Waals surface area contributed by atoms with Crippen LogP contribution in [0.3, 0.4) is 0 Å². The van der Waals surface area contributed by atoms with Gasteiger partial charge in [-0.25, -0.2) is 4.79 Å². The average molecular weight is 367 g/mol. The Balaban J connectivity index is 1.53. The number of likely N-dealkylation sites (N-methyl/N-ethyl adjacent to an activating group) is 1. The molecule has 0 N–H and O–H groups in total. The number of ether oxygens (including phenoxy) is 5. The van der Waals surface area contributed by atoms with Gasteiger partial charge in [0.25, 0.3) is 0 Å². The number of carbonyl (C=O) groups is 1. The summed E-state index contributed by atoms with van der Waals surface area (Å²) in [4.78, 5) is 15.2. The van der Waals surface area contributed by atoms with Gasteiger partial charge in [0.15, 0.2) is 28.7 Å². The molecule has 0 amide bonds. The number of esters is 1. The Hall–Kier alpha value is -2.93. The third kappa shape index (κ3) is 1.92. The largest absolute Gasteiger partial charge is 0.454 e. The van der Waals surface area contributed by atoms with E-state index in [1.54, 1.807) is 0 Å². The van der Waals surface area contributed by atoms with Crippen LogP contribution in [0.1, 0.15) is 27.0 Å². The topological polar surface area (TPSA) is 66.5 Å². The second-order valence-electron chi connectivity index (χ2n) is 7.22. The molecule has 0 fully saturated rings. The maximum atomic E-state index is 13.1. The summed E-state index contributed by atoms with van der Waals surface area (Å²) in [6.45, 7) is 1.11. The lowest BCUT2D eigenvalue weighted by molar-refractivity contribution is -0.126. The predicted molar refractivity (Wildman–Crippen MR) is 92.3 cm³/mol. The zero-order valence-corrected chi connectivity index (χ0v) is 14.7. The maximum absolute atomic E-state index is 13.1. The van der Waals surface area contributed by atoms with Crippen molar-refractivity contribution in [1.29, 1.82) is 0 Å². The molecule has 1 atom stereocenters. The van der Waals surface area contributed by atoms with Crippen molar-refractivity contribution in [1.82, 2.24) is 4.90 Å². The van der Waals surface area contributed by atoms with E-state index in [-0.39, 0.29) is 13.6 Å². The van der Waals surface area contributed by atoms with Crippen LogP contribution in [0.4, 0.5) is 0 Å². The molecule has 0 aromatic heterocycles. The van der Waals surface area contributed by atoms with E-state index in [4.69, 9.17) is 23.7 Å². The third-order valence-electron chi connectivity index (χ3n) is 5.87. The van der Waals surface area contributed by atoms with Crippen molar-refractivity contribution >= 4 is 5.97 Å². The van der Waals surface area contributed by atoms with E-state index in [1.807, 2.05) is 31.3 Å². The van der Waals surface area contributed by atoms with Gasteiger partial charge in [-0.3, -0.25) is 4.90 Å². The Labute approximate surface area is 155 Å². The molecule has 0 saturated heterocycles. The van der Waals surface area contributed by atoms with Gasteiger partial charge in [0.1, 0.15) is 5.56 Å². The lowest BCUT2D eigenvalue weighted by atomic mass is 9.82. The first kappa shape index (κ1) is 15.2. The van der Waals surface area contributed by atoms with Crippen molar-refractivity contribution in [2.24, 2.45) is 0 Å². The van der Waals surface area contributed by atoms with E-state index >= 15 is 0 Å². The maximum Gasteiger partial charge on any atom is 0.344 e. The predicted octanol–water partition coefficient (Wildman–Crippen LogP) is 2.20. The van der Waals surface area contributed by atoms with E-state index in [1.165, 1.54) is 0 Å². The number of hydrogen-bond acceptors (Lipinski definition) is 7. The first-order chi connectivity index (χ1) is 13.2.